The zero-order chi connectivity index (χ0) is 13.2. The third kappa shape index (κ3) is 2.53. The van der Waals surface area contributed by atoms with Crippen LogP contribution in [-0.2, 0) is 0 Å². The highest BCUT2D eigenvalue weighted by Gasteiger charge is 2.12. The molecule has 0 amide bonds. The van der Waals surface area contributed by atoms with E-state index in [1.807, 2.05) is 18.2 Å². The van der Waals surface area contributed by atoms with Crippen LogP contribution < -0.4 is 9.47 Å². The Morgan fingerprint density at radius 1 is 1.05 bits per heavy atom. The van der Waals surface area contributed by atoms with Crippen molar-refractivity contribution in [2.24, 2.45) is 4.99 Å². The van der Waals surface area contributed by atoms with Gasteiger partial charge in [-0.15, -0.1) is 0 Å². The fraction of sp³-hybridized carbons (Fsp3) is 0.0714. The molecule has 0 bridgehead atoms. The van der Waals surface area contributed by atoms with Crippen LogP contribution in [0.5, 0.6) is 11.5 Å². The average molecular weight is 294 g/mol. The molecule has 0 saturated heterocycles. The van der Waals surface area contributed by atoms with Gasteiger partial charge in [0.2, 0.25) is 6.79 Å². The first-order valence-corrected chi connectivity index (χ1v) is 6.37. The van der Waals surface area contributed by atoms with Gasteiger partial charge >= 0.3 is 0 Å². The van der Waals surface area contributed by atoms with Gasteiger partial charge < -0.3 is 9.47 Å². The Kier molecular flexibility index (Phi) is 3.32. The number of halogens is 2. The molecule has 3 nitrogen and oxygen atoms in total. The predicted molar refractivity (Wildman–Crippen MR) is 76.3 cm³/mol. The number of nitrogens with zero attached hydrogens (tertiary/aromatic N) is 1. The quantitative estimate of drug-likeness (QED) is 0.765. The van der Waals surface area contributed by atoms with Crippen LogP contribution >= 0.6 is 23.2 Å². The first-order chi connectivity index (χ1) is 9.24. The Morgan fingerprint density at radius 3 is 2.79 bits per heavy atom. The molecule has 2 aromatic rings. The third-order valence-electron chi connectivity index (χ3n) is 2.68. The highest BCUT2D eigenvalue weighted by atomic mass is 35.5. The van der Waals surface area contributed by atoms with Gasteiger partial charge in [-0.3, -0.25) is 4.99 Å². The molecular formula is C14H9Cl2NO2. The van der Waals surface area contributed by atoms with Gasteiger partial charge in [0, 0.05) is 6.21 Å². The Labute approximate surface area is 120 Å². The molecule has 2 aromatic carbocycles. The lowest BCUT2D eigenvalue weighted by Crippen LogP contribution is -1.92. The van der Waals surface area contributed by atoms with Gasteiger partial charge in [0.05, 0.1) is 15.7 Å². The smallest absolute Gasteiger partial charge is 0.231 e. The van der Waals surface area contributed by atoms with E-state index in [0.29, 0.717) is 15.7 Å². The normalized spacial score (nSPS) is 13.2. The molecule has 0 spiro atoms. The largest absolute Gasteiger partial charge is 0.454 e. The molecule has 0 N–H and O–H groups in total. The second kappa shape index (κ2) is 5.11. The molecule has 1 aliphatic heterocycles. The summed E-state index contributed by atoms with van der Waals surface area (Å²) < 4.78 is 10.5. The van der Waals surface area contributed by atoms with Crippen molar-refractivity contribution in [2.45, 2.75) is 0 Å². The van der Waals surface area contributed by atoms with Crippen molar-refractivity contribution in [3.8, 4) is 11.5 Å². The molecule has 0 saturated carbocycles. The molecule has 96 valence electrons. The Morgan fingerprint density at radius 2 is 1.89 bits per heavy atom. The molecule has 0 aromatic heterocycles. The van der Waals surface area contributed by atoms with Crippen molar-refractivity contribution >= 4 is 35.1 Å². The predicted octanol–water partition coefficient (Wildman–Crippen LogP) is 4.47. The van der Waals surface area contributed by atoms with Crippen molar-refractivity contribution in [1.29, 1.82) is 0 Å². The van der Waals surface area contributed by atoms with Crippen LogP contribution in [0.25, 0.3) is 0 Å². The fourth-order valence-corrected chi connectivity index (χ4v) is 2.07. The van der Waals surface area contributed by atoms with Gasteiger partial charge in [0.25, 0.3) is 0 Å². The van der Waals surface area contributed by atoms with Gasteiger partial charge in [-0.05, 0) is 35.9 Å². The molecule has 0 unspecified atom stereocenters. The van der Waals surface area contributed by atoms with E-state index in [1.165, 1.54) is 0 Å². The number of rotatable bonds is 2. The van der Waals surface area contributed by atoms with E-state index in [1.54, 1.807) is 24.4 Å². The van der Waals surface area contributed by atoms with E-state index in [4.69, 9.17) is 32.7 Å². The minimum absolute atomic E-state index is 0.260. The number of hydrogen-bond acceptors (Lipinski definition) is 3. The van der Waals surface area contributed by atoms with Gasteiger partial charge in [-0.2, -0.15) is 0 Å². The molecule has 19 heavy (non-hydrogen) atoms. The molecule has 5 heteroatoms. The molecule has 0 radical (unpaired) electrons. The van der Waals surface area contributed by atoms with Crippen LogP contribution in [0.2, 0.25) is 10.0 Å². The number of fused-ring (bicyclic) bond motifs is 1. The zero-order valence-corrected chi connectivity index (χ0v) is 11.3. The fourth-order valence-electron chi connectivity index (χ4n) is 1.73. The Bertz CT molecular complexity index is 656. The van der Waals surface area contributed by atoms with Crippen molar-refractivity contribution in [3.63, 3.8) is 0 Å². The summed E-state index contributed by atoms with van der Waals surface area (Å²) in [7, 11) is 0. The highest BCUT2D eigenvalue weighted by molar-refractivity contribution is 6.43. The first-order valence-electron chi connectivity index (χ1n) is 5.62. The molecule has 1 aliphatic rings. The Hall–Kier alpha value is -1.71. The summed E-state index contributed by atoms with van der Waals surface area (Å²) in [6, 6.07) is 10.9. The van der Waals surface area contributed by atoms with E-state index in [0.717, 1.165) is 17.1 Å². The number of aliphatic imine (C=N–C) groups is 1. The molecule has 0 aliphatic carbocycles. The second-order valence-electron chi connectivity index (χ2n) is 3.94. The number of benzene rings is 2. The van der Waals surface area contributed by atoms with Crippen LogP contribution in [-0.4, -0.2) is 13.0 Å². The lowest BCUT2D eigenvalue weighted by Gasteiger charge is -2.00. The molecule has 1 heterocycles. The molecule has 0 atom stereocenters. The summed E-state index contributed by atoms with van der Waals surface area (Å²) in [5.41, 5.74) is 1.53. The van der Waals surface area contributed by atoms with Crippen LogP contribution in [0.15, 0.2) is 41.4 Å². The van der Waals surface area contributed by atoms with Crippen molar-refractivity contribution in [2.75, 3.05) is 6.79 Å². The summed E-state index contributed by atoms with van der Waals surface area (Å²) in [5.74, 6) is 1.47. The second-order valence-corrected chi connectivity index (χ2v) is 4.73. The highest BCUT2D eigenvalue weighted by Crippen LogP contribution is 2.33. The summed E-state index contributed by atoms with van der Waals surface area (Å²) in [4.78, 5) is 4.32. The van der Waals surface area contributed by atoms with E-state index in [9.17, 15) is 0 Å². The van der Waals surface area contributed by atoms with Crippen LogP contribution in [0.1, 0.15) is 5.56 Å². The van der Waals surface area contributed by atoms with Crippen molar-refractivity contribution in [1.82, 2.24) is 0 Å². The van der Waals surface area contributed by atoms with E-state index in [-0.39, 0.29) is 6.79 Å². The van der Waals surface area contributed by atoms with E-state index in [2.05, 4.69) is 4.99 Å². The SMILES string of the molecule is Clc1cccc(N=Cc2ccc3c(c2)OCO3)c1Cl. The van der Waals surface area contributed by atoms with Crippen LogP contribution in [0, 0.1) is 0 Å². The average Bonchev–Trinajstić information content (AvgIpc) is 2.88. The molecule has 0 fully saturated rings. The minimum Gasteiger partial charge on any atom is -0.454 e. The lowest BCUT2D eigenvalue weighted by molar-refractivity contribution is 0.174. The summed E-state index contributed by atoms with van der Waals surface area (Å²) in [6.07, 6.45) is 1.71. The third-order valence-corrected chi connectivity index (χ3v) is 3.49. The van der Waals surface area contributed by atoms with E-state index < -0.39 is 0 Å². The maximum absolute atomic E-state index is 6.06. The molecule has 3 rings (SSSR count). The lowest BCUT2D eigenvalue weighted by atomic mass is 10.2. The van der Waals surface area contributed by atoms with Gasteiger partial charge in [0.1, 0.15) is 0 Å². The first kappa shape index (κ1) is 12.3. The Balaban J connectivity index is 1.88. The van der Waals surface area contributed by atoms with Crippen LogP contribution in [0.4, 0.5) is 5.69 Å². The standard InChI is InChI=1S/C14H9Cl2NO2/c15-10-2-1-3-11(14(10)16)17-7-9-4-5-12-13(6-9)19-8-18-12/h1-7H,8H2. The maximum atomic E-state index is 6.06. The van der Waals surface area contributed by atoms with Gasteiger partial charge in [-0.1, -0.05) is 29.3 Å². The van der Waals surface area contributed by atoms with Crippen molar-refractivity contribution in [3.05, 3.63) is 52.0 Å². The topological polar surface area (TPSA) is 30.8 Å². The van der Waals surface area contributed by atoms with Gasteiger partial charge in [0.15, 0.2) is 11.5 Å². The zero-order valence-electron chi connectivity index (χ0n) is 9.77. The van der Waals surface area contributed by atoms with E-state index >= 15 is 0 Å². The summed E-state index contributed by atoms with van der Waals surface area (Å²) in [5, 5.41) is 0.933. The molecular weight excluding hydrogens is 285 g/mol. The number of ether oxygens (including phenoxy) is 2. The van der Waals surface area contributed by atoms with Crippen LogP contribution in [0.3, 0.4) is 0 Å². The summed E-state index contributed by atoms with van der Waals surface area (Å²) in [6.45, 7) is 0.260. The van der Waals surface area contributed by atoms with Gasteiger partial charge in [-0.25, -0.2) is 0 Å². The maximum Gasteiger partial charge on any atom is 0.231 e. The monoisotopic (exact) mass is 293 g/mol. The number of hydrogen-bond donors (Lipinski definition) is 0. The van der Waals surface area contributed by atoms with Crippen molar-refractivity contribution < 1.29 is 9.47 Å². The summed E-state index contributed by atoms with van der Waals surface area (Å²) >= 11 is 12.0. The minimum atomic E-state index is 0.260.